The van der Waals surface area contributed by atoms with Gasteiger partial charge in [0.1, 0.15) is 17.1 Å². The van der Waals surface area contributed by atoms with E-state index in [4.69, 9.17) is 9.26 Å². The van der Waals surface area contributed by atoms with Gasteiger partial charge in [-0.3, -0.25) is 20.4 Å². The molecular weight excluding hydrogens is 334 g/mol. The highest BCUT2D eigenvalue weighted by Gasteiger charge is 2.18. The van der Waals surface area contributed by atoms with Gasteiger partial charge < -0.3 is 9.26 Å². The second kappa shape index (κ2) is 9.60. The number of aromatic nitrogens is 1. The van der Waals surface area contributed by atoms with Crippen LogP contribution in [0.1, 0.15) is 64.8 Å². The Hall–Kier alpha value is -2.83. The molecule has 0 aliphatic heterocycles. The van der Waals surface area contributed by atoms with Crippen LogP contribution in [0.3, 0.4) is 0 Å². The monoisotopic (exact) mass is 359 g/mol. The van der Waals surface area contributed by atoms with Crippen LogP contribution in [0, 0.1) is 13.8 Å². The van der Waals surface area contributed by atoms with Crippen LogP contribution in [0.4, 0.5) is 0 Å². The normalized spacial score (nSPS) is 10.4. The van der Waals surface area contributed by atoms with Crippen molar-refractivity contribution in [1.29, 1.82) is 0 Å². The average Bonchev–Trinajstić information content (AvgIpc) is 2.98. The van der Waals surface area contributed by atoms with Gasteiger partial charge in [-0.25, -0.2) is 0 Å². The topological polar surface area (TPSA) is 93.5 Å². The first-order chi connectivity index (χ1) is 12.5. The maximum atomic E-state index is 12.1. The number of hydrazine groups is 1. The Morgan fingerprint density at radius 2 is 1.73 bits per heavy atom. The summed E-state index contributed by atoms with van der Waals surface area (Å²) in [4.78, 5) is 24.2. The number of rotatable bonds is 8. The summed E-state index contributed by atoms with van der Waals surface area (Å²) < 4.78 is 10.6. The fourth-order valence-electron chi connectivity index (χ4n) is 2.48. The summed E-state index contributed by atoms with van der Waals surface area (Å²) >= 11 is 0. The number of benzene rings is 1. The van der Waals surface area contributed by atoms with E-state index in [9.17, 15) is 9.59 Å². The molecule has 0 saturated heterocycles. The van der Waals surface area contributed by atoms with E-state index in [2.05, 4.69) is 22.9 Å². The highest BCUT2D eigenvalue weighted by Crippen LogP contribution is 2.14. The van der Waals surface area contributed by atoms with Crippen LogP contribution in [-0.2, 0) is 0 Å². The summed E-state index contributed by atoms with van der Waals surface area (Å²) in [6.45, 7) is 6.13. The predicted octanol–water partition coefficient (Wildman–Crippen LogP) is 3.33. The van der Waals surface area contributed by atoms with Crippen molar-refractivity contribution in [2.75, 3.05) is 6.61 Å². The molecule has 0 atom stereocenters. The Bertz CT molecular complexity index is 718. The third kappa shape index (κ3) is 5.34. The first-order valence-corrected chi connectivity index (χ1v) is 8.79. The number of aryl methyl sites for hydroxylation is 2. The molecule has 0 unspecified atom stereocenters. The van der Waals surface area contributed by atoms with Gasteiger partial charge in [0, 0.05) is 5.56 Å². The number of amides is 2. The molecule has 0 spiro atoms. The van der Waals surface area contributed by atoms with E-state index in [-0.39, 0.29) is 0 Å². The highest BCUT2D eigenvalue weighted by molar-refractivity contribution is 6.00. The number of ether oxygens (including phenoxy) is 1. The van der Waals surface area contributed by atoms with Crippen molar-refractivity contribution in [1.82, 2.24) is 16.0 Å². The zero-order valence-electron chi connectivity index (χ0n) is 15.4. The molecule has 0 fully saturated rings. The Labute approximate surface area is 153 Å². The van der Waals surface area contributed by atoms with Gasteiger partial charge in [0.2, 0.25) is 0 Å². The van der Waals surface area contributed by atoms with Crippen LogP contribution in [0.25, 0.3) is 0 Å². The fraction of sp³-hybridized carbons (Fsp3) is 0.421. The molecule has 0 radical (unpaired) electrons. The quantitative estimate of drug-likeness (QED) is 0.557. The summed E-state index contributed by atoms with van der Waals surface area (Å²) in [6, 6.07) is 6.78. The van der Waals surface area contributed by atoms with E-state index in [1.54, 1.807) is 38.1 Å². The lowest BCUT2D eigenvalue weighted by atomic mass is 10.2. The van der Waals surface area contributed by atoms with E-state index in [0.717, 1.165) is 18.6 Å². The van der Waals surface area contributed by atoms with Crippen molar-refractivity contribution in [2.24, 2.45) is 0 Å². The fourth-order valence-corrected chi connectivity index (χ4v) is 2.48. The molecule has 1 heterocycles. The van der Waals surface area contributed by atoms with E-state index < -0.39 is 11.8 Å². The van der Waals surface area contributed by atoms with Crippen LogP contribution in [0.15, 0.2) is 28.8 Å². The molecule has 2 rings (SSSR count). The smallest absolute Gasteiger partial charge is 0.275 e. The molecule has 26 heavy (non-hydrogen) atoms. The lowest BCUT2D eigenvalue weighted by molar-refractivity contribution is 0.0845. The predicted molar refractivity (Wildman–Crippen MR) is 97.0 cm³/mol. The number of nitrogens with zero attached hydrogens (tertiary/aromatic N) is 1. The highest BCUT2D eigenvalue weighted by atomic mass is 16.5. The number of unbranched alkanes of at least 4 members (excludes halogenated alkanes) is 3. The van der Waals surface area contributed by atoms with Gasteiger partial charge in [0.05, 0.1) is 12.3 Å². The molecule has 2 N–H and O–H groups in total. The minimum atomic E-state index is -0.471. The largest absolute Gasteiger partial charge is 0.494 e. The summed E-state index contributed by atoms with van der Waals surface area (Å²) in [5.41, 5.74) is 5.95. The minimum absolute atomic E-state index is 0.317. The van der Waals surface area contributed by atoms with E-state index in [0.29, 0.717) is 29.2 Å². The Morgan fingerprint density at radius 1 is 1.04 bits per heavy atom. The zero-order chi connectivity index (χ0) is 18.9. The zero-order valence-corrected chi connectivity index (χ0v) is 15.4. The van der Waals surface area contributed by atoms with Gasteiger partial charge in [-0.05, 0) is 44.5 Å². The van der Waals surface area contributed by atoms with Gasteiger partial charge in [-0.2, -0.15) is 0 Å². The molecule has 1 aromatic carbocycles. The maximum absolute atomic E-state index is 12.1. The standard InChI is InChI=1S/C19H25N3O4/c1-4-5-6-7-12-25-16-10-8-15(9-11-16)18(23)20-21-19(24)17-13(2)22-26-14(17)3/h8-11H,4-7,12H2,1-3H3,(H,20,23)(H,21,24). The van der Waals surface area contributed by atoms with E-state index in [1.807, 2.05) is 0 Å². The van der Waals surface area contributed by atoms with Crippen molar-refractivity contribution in [3.05, 3.63) is 46.8 Å². The van der Waals surface area contributed by atoms with Crippen molar-refractivity contribution in [3.63, 3.8) is 0 Å². The molecule has 0 bridgehead atoms. The van der Waals surface area contributed by atoms with Gasteiger partial charge >= 0.3 is 0 Å². The summed E-state index contributed by atoms with van der Waals surface area (Å²) in [5, 5.41) is 3.71. The average molecular weight is 359 g/mol. The SMILES string of the molecule is CCCCCCOc1ccc(C(=O)NNC(=O)c2c(C)noc2C)cc1. The van der Waals surface area contributed by atoms with Gasteiger partial charge in [-0.1, -0.05) is 31.3 Å². The third-order valence-electron chi connectivity index (χ3n) is 3.93. The van der Waals surface area contributed by atoms with Crippen molar-refractivity contribution < 1.29 is 18.8 Å². The molecular formula is C19H25N3O4. The molecule has 7 heteroatoms. The Morgan fingerprint density at radius 3 is 2.35 bits per heavy atom. The van der Waals surface area contributed by atoms with Crippen LogP contribution in [0.5, 0.6) is 5.75 Å². The van der Waals surface area contributed by atoms with Crippen LogP contribution in [-0.4, -0.2) is 23.6 Å². The van der Waals surface area contributed by atoms with Gasteiger partial charge in [0.15, 0.2) is 0 Å². The molecule has 0 saturated carbocycles. The van der Waals surface area contributed by atoms with Crippen molar-refractivity contribution in [2.45, 2.75) is 46.5 Å². The molecule has 140 valence electrons. The minimum Gasteiger partial charge on any atom is -0.494 e. The Balaban J connectivity index is 1.81. The molecule has 1 aromatic heterocycles. The Kier molecular flexibility index (Phi) is 7.20. The molecule has 0 aliphatic rings. The number of nitrogens with one attached hydrogen (secondary N) is 2. The van der Waals surface area contributed by atoms with Crippen molar-refractivity contribution >= 4 is 11.8 Å². The summed E-state index contributed by atoms with van der Waals surface area (Å²) in [5.74, 6) is 0.230. The second-order valence-electron chi connectivity index (χ2n) is 6.04. The third-order valence-corrected chi connectivity index (χ3v) is 3.93. The molecule has 2 aromatic rings. The number of hydrogen-bond donors (Lipinski definition) is 2. The summed E-state index contributed by atoms with van der Waals surface area (Å²) in [7, 11) is 0. The maximum Gasteiger partial charge on any atom is 0.275 e. The molecule has 0 aliphatic carbocycles. The van der Waals surface area contributed by atoms with Crippen LogP contribution < -0.4 is 15.6 Å². The second-order valence-corrected chi connectivity index (χ2v) is 6.04. The first-order valence-electron chi connectivity index (χ1n) is 8.79. The first kappa shape index (κ1) is 19.5. The van der Waals surface area contributed by atoms with Gasteiger partial charge in [0.25, 0.3) is 11.8 Å². The van der Waals surface area contributed by atoms with Crippen LogP contribution >= 0.6 is 0 Å². The number of hydrogen-bond acceptors (Lipinski definition) is 5. The molecule has 2 amide bonds. The van der Waals surface area contributed by atoms with E-state index in [1.165, 1.54) is 12.8 Å². The van der Waals surface area contributed by atoms with E-state index >= 15 is 0 Å². The van der Waals surface area contributed by atoms with Crippen molar-refractivity contribution in [3.8, 4) is 5.75 Å². The molecule has 7 nitrogen and oxygen atoms in total. The number of carbonyl (C=O) groups excluding carboxylic acids is 2. The van der Waals surface area contributed by atoms with Gasteiger partial charge in [-0.15, -0.1) is 0 Å². The van der Waals surface area contributed by atoms with Crippen LogP contribution in [0.2, 0.25) is 0 Å². The lowest BCUT2D eigenvalue weighted by Gasteiger charge is -2.09. The number of carbonyl (C=O) groups is 2. The lowest BCUT2D eigenvalue weighted by Crippen LogP contribution is -2.41. The summed E-state index contributed by atoms with van der Waals surface area (Å²) in [6.07, 6.45) is 4.57.